The molecule has 0 spiro atoms. The highest BCUT2D eigenvalue weighted by molar-refractivity contribution is 5.90. The Labute approximate surface area is 148 Å². The van der Waals surface area contributed by atoms with Crippen LogP contribution < -0.4 is 10.6 Å². The third-order valence-corrected chi connectivity index (χ3v) is 4.06. The highest BCUT2D eigenvalue weighted by Gasteiger charge is 2.08. The Bertz CT molecular complexity index is 863. The molecular formula is C20H24N4O. The molecule has 3 rings (SSSR count). The van der Waals surface area contributed by atoms with Gasteiger partial charge in [-0.3, -0.25) is 0 Å². The second-order valence-corrected chi connectivity index (χ2v) is 6.13. The average Bonchev–Trinajstić information content (AvgIpc) is 2.62. The van der Waals surface area contributed by atoms with Gasteiger partial charge in [-0.1, -0.05) is 24.3 Å². The van der Waals surface area contributed by atoms with Crippen LogP contribution >= 0.6 is 0 Å². The fourth-order valence-corrected chi connectivity index (χ4v) is 2.68. The Morgan fingerprint density at radius 2 is 1.88 bits per heavy atom. The first-order chi connectivity index (χ1) is 12.2. The number of methoxy groups -OCH3 is 1. The summed E-state index contributed by atoms with van der Waals surface area (Å²) in [6, 6.07) is 14.4. The van der Waals surface area contributed by atoms with Gasteiger partial charge in [-0.05, 0) is 49.6 Å². The number of ether oxygens (including phenoxy) is 1. The highest BCUT2D eigenvalue weighted by Crippen LogP contribution is 2.25. The number of para-hydroxylation sites is 1. The van der Waals surface area contributed by atoms with Crippen molar-refractivity contribution < 1.29 is 4.74 Å². The first-order valence-corrected chi connectivity index (χ1v) is 8.51. The van der Waals surface area contributed by atoms with Gasteiger partial charge >= 0.3 is 0 Å². The van der Waals surface area contributed by atoms with Crippen molar-refractivity contribution in [3.63, 3.8) is 0 Å². The molecule has 0 aliphatic heterocycles. The molecule has 0 atom stereocenters. The van der Waals surface area contributed by atoms with Crippen LogP contribution in [0.4, 0.5) is 17.5 Å². The maximum Gasteiger partial charge on any atom is 0.229 e. The quantitative estimate of drug-likeness (QED) is 0.625. The van der Waals surface area contributed by atoms with Crippen molar-refractivity contribution >= 4 is 28.4 Å². The fourth-order valence-electron chi connectivity index (χ4n) is 2.68. The smallest absolute Gasteiger partial charge is 0.229 e. The number of fused-ring (bicyclic) bond motifs is 1. The Morgan fingerprint density at radius 1 is 1.04 bits per heavy atom. The van der Waals surface area contributed by atoms with Crippen LogP contribution in [0.2, 0.25) is 0 Å². The second kappa shape index (κ2) is 7.94. The summed E-state index contributed by atoms with van der Waals surface area (Å²) in [6.07, 6.45) is 0.925. The van der Waals surface area contributed by atoms with Gasteiger partial charge in [0, 0.05) is 31.3 Å². The van der Waals surface area contributed by atoms with E-state index < -0.39 is 0 Å². The Hall–Kier alpha value is -2.66. The van der Waals surface area contributed by atoms with Crippen molar-refractivity contribution in [3.05, 3.63) is 53.6 Å². The van der Waals surface area contributed by atoms with Crippen molar-refractivity contribution in [3.8, 4) is 0 Å². The van der Waals surface area contributed by atoms with E-state index in [2.05, 4.69) is 47.7 Å². The van der Waals surface area contributed by atoms with Crippen molar-refractivity contribution in [1.82, 2.24) is 9.97 Å². The summed E-state index contributed by atoms with van der Waals surface area (Å²) in [7, 11) is 1.71. The van der Waals surface area contributed by atoms with Crippen LogP contribution in [0.1, 0.15) is 17.5 Å². The maximum absolute atomic E-state index is 5.11. The largest absolute Gasteiger partial charge is 0.385 e. The maximum atomic E-state index is 5.11. The molecule has 0 radical (unpaired) electrons. The van der Waals surface area contributed by atoms with Gasteiger partial charge in [-0.2, -0.15) is 4.98 Å². The molecule has 1 heterocycles. The minimum Gasteiger partial charge on any atom is -0.385 e. The predicted octanol–water partition coefficient (Wildman–Crippen LogP) is 4.44. The highest BCUT2D eigenvalue weighted by atomic mass is 16.5. The van der Waals surface area contributed by atoms with Crippen molar-refractivity contribution in [2.45, 2.75) is 20.3 Å². The lowest BCUT2D eigenvalue weighted by Crippen LogP contribution is -2.09. The summed E-state index contributed by atoms with van der Waals surface area (Å²) < 4.78 is 5.11. The van der Waals surface area contributed by atoms with Crippen LogP contribution in [0, 0.1) is 13.8 Å². The van der Waals surface area contributed by atoms with Crippen LogP contribution in [0.3, 0.4) is 0 Å². The Morgan fingerprint density at radius 3 is 2.72 bits per heavy atom. The van der Waals surface area contributed by atoms with E-state index in [1.54, 1.807) is 7.11 Å². The van der Waals surface area contributed by atoms with E-state index in [1.807, 2.05) is 24.3 Å². The lowest BCUT2D eigenvalue weighted by Gasteiger charge is -2.13. The van der Waals surface area contributed by atoms with Crippen molar-refractivity contribution in [2.24, 2.45) is 0 Å². The first kappa shape index (κ1) is 17.2. The topological polar surface area (TPSA) is 59.1 Å². The first-order valence-electron chi connectivity index (χ1n) is 8.51. The molecule has 1 aromatic heterocycles. The lowest BCUT2D eigenvalue weighted by molar-refractivity contribution is 0.198. The van der Waals surface area contributed by atoms with Crippen LogP contribution in [0.5, 0.6) is 0 Å². The molecule has 130 valence electrons. The van der Waals surface area contributed by atoms with Crippen LogP contribution in [-0.4, -0.2) is 30.2 Å². The van der Waals surface area contributed by atoms with E-state index in [0.717, 1.165) is 47.5 Å². The summed E-state index contributed by atoms with van der Waals surface area (Å²) in [5.74, 6) is 1.44. The summed E-state index contributed by atoms with van der Waals surface area (Å²) in [6.45, 7) is 5.68. The molecule has 0 unspecified atom stereocenters. The van der Waals surface area contributed by atoms with Gasteiger partial charge in [0.2, 0.25) is 5.95 Å². The molecular weight excluding hydrogens is 312 g/mol. The normalized spacial score (nSPS) is 10.8. The second-order valence-electron chi connectivity index (χ2n) is 6.13. The Kier molecular flexibility index (Phi) is 5.46. The van der Waals surface area contributed by atoms with Crippen molar-refractivity contribution in [1.29, 1.82) is 0 Å². The van der Waals surface area contributed by atoms with Crippen molar-refractivity contribution in [2.75, 3.05) is 30.9 Å². The number of aryl methyl sites for hydroxylation is 2. The summed E-state index contributed by atoms with van der Waals surface area (Å²) in [4.78, 5) is 9.35. The number of hydrogen-bond donors (Lipinski definition) is 2. The lowest BCUT2D eigenvalue weighted by atomic mass is 10.1. The standard InChI is InChI=1S/C20H24N4O/c1-14-9-10-15(2)18(13-14)23-20-22-17-8-5-4-7-16(17)19(24-20)21-11-6-12-25-3/h4-5,7-10,13H,6,11-12H2,1-3H3,(H2,21,22,23,24). The molecule has 5 nitrogen and oxygen atoms in total. The summed E-state index contributed by atoms with van der Waals surface area (Å²) >= 11 is 0. The molecule has 0 saturated heterocycles. The molecule has 0 aliphatic rings. The van der Waals surface area contributed by atoms with E-state index >= 15 is 0 Å². The predicted molar refractivity (Wildman–Crippen MR) is 104 cm³/mol. The van der Waals surface area contributed by atoms with E-state index in [4.69, 9.17) is 9.72 Å². The SMILES string of the molecule is COCCCNc1nc(Nc2cc(C)ccc2C)nc2ccccc12. The van der Waals surface area contributed by atoms with Gasteiger partial charge in [-0.25, -0.2) is 4.98 Å². The van der Waals surface area contributed by atoms with Gasteiger partial charge in [0.05, 0.1) is 5.52 Å². The monoisotopic (exact) mass is 336 g/mol. The third-order valence-electron chi connectivity index (χ3n) is 4.06. The number of benzene rings is 2. The summed E-state index contributed by atoms with van der Waals surface area (Å²) in [5, 5.41) is 7.78. The number of anilines is 3. The van der Waals surface area contributed by atoms with Gasteiger partial charge < -0.3 is 15.4 Å². The molecule has 5 heteroatoms. The number of nitrogens with zero attached hydrogens (tertiary/aromatic N) is 2. The molecule has 2 N–H and O–H groups in total. The molecule has 0 bridgehead atoms. The molecule has 3 aromatic rings. The van der Waals surface area contributed by atoms with E-state index in [-0.39, 0.29) is 0 Å². The number of hydrogen-bond acceptors (Lipinski definition) is 5. The van der Waals surface area contributed by atoms with Gasteiger partial charge in [0.15, 0.2) is 0 Å². The van der Waals surface area contributed by atoms with Gasteiger partial charge in [0.1, 0.15) is 5.82 Å². The number of aromatic nitrogens is 2. The zero-order valence-corrected chi connectivity index (χ0v) is 15.0. The van der Waals surface area contributed by atoms with Crippen LogP contribution in [-0.2, 0) is 4.74 Å². The molecule has 25 heavy (non-hydrogen) atoms. The third kappa shape index (κ3) is 4.25. The minimum atomic E-state index is 0.599. The van der Waals surface area contributed by atoms with Gasteiger partial charge in [0.25, 0.3) is 0 Å². The minimum absolute atomic E-state index is 0.599. The summed E-state index contributed by atoms with van der Waals surface area (Å²) in [5.41, 5.74) is 4.31. The fraction of sp³-hybridized carbons (Fsp3) is 0.300. The number of rotatable bonds is 7. The molecule has 0 amide bonds. The zero-order valence-electron chi connectivity index (χ0n) is 15.0. The molecule has 0 saturated carbocycles. The average molecular weight is 336 g/mol. The van der Waals surface area contributed by atoms with Crippen LogP contribution in [0.25, 0.3) is 10.9 Å². The molecule has 0 aliphatic carbocycles. The van der Waals surface area contributed by atoms with Crippen LogP contribution in [0.15, 0.2) is 42.5 Å². The van der Waals surface area contributed by atoms with E-state index in [0.29, 0.717) is 5.95 Å². The zero-order chi connectivity index (χ0) is 17.6. The Balaban J connectivity index is 1.91. The van der Waals surface area contributed by atoms with E-state index in [1.165, 1.54) is 5.56 Å². The van der Waals surface area contributed by atoms with Gasteiger partial charge in [-0.15, -0.1) is 0 Å². The molecule has 0 fully saturated rings. The van der Waals surface area contributed by atoms with E-state index in [9.17, 15) is 0 Å². The number of nitrogens with one attached hydrogen (secondary N) is 2. The molecule has 2 aromatic carbocycles.